The molecule has 0 aliphatic carbocycles. The lowest BCUT2D eigenvalue weighted by Gasteiger charge is -2.40. The number of morpholine rings is 1. The Morgan fingerprint density at radius 3 is 2.53 bits per heavy atom. The first kappa shape index (κ1) is 24.9. The van der Waals surface area contributed by atoms with Gasteiger partial charge in [-0.1, -0.05) is 11.6 Å². The minimum atomic E-state index is -4.81. The van der Waals surface area contributed by atoms with Crippen LogP contribution in [0.4, 0.5) is 18.9 Å². The zero-order valence-electron chi connectivity index (χ0n) is 19.7. The van der Waals surface area contributed by atoms with Gasteiger partial charge in [0.2, 0.25) is 0 Å². The lowest BCUT2D eigenvalue weighted by atomic mass is 9.99. The lowest BCUT2D eigenvalue weighted by molar-refractivity contribution is -0.138. The Morgan fingerprint density at radius 2 is 1.86 bits per heavy atom. The number of nitrogens with zero attached hydrogens (tertiary/aromatic N) is 2. The molecule has 11 heteroatoms. The van der Waals surface area contributed by atoms with Crippen LogP contribution in [0.15, 0.2) is 18.2 Å². The van der Waals surface area contributed by atoms with Gasteiger partial charge in [0.25, 0.3) is 11.8 Å². The van der Waals surface area contributed by atoms with Gasteiger partial charge in [0.15, 0.2) is 0 Å². The van der Waals surface area contributed by atoms with Crippen molar-refractivity contribution in [2.45, 2.75) is 32.0 Å². The van der Waals surface area contributed by atoms with Crippen molar-refractivity contribution in [3.8, 4) is 0 Å². The van der Waals surface area contributed by atoms with Gasteiger partial charge in [-0.2, -0.15) is 13.2 Å². The van der Waals surface area contributed by atoms with E-state index in [1.165, 1.54) is 17.9 Å². The van der Waals surface area contributed by atoms with Crippen molar-refractivity contribution in [1.82, 2.24) is 14.8 Å². The number of aryl methyl sites for hydroxylation is 1. The van der Waals surface area contributed by atoms with E-state index in [0.29, 0.717) is 61.5 Å². The van der Waals surface area contributed by atoms with Crippen LogP contribution in [-0.2, 0) is 15.7 Å². The fourth-order valence-electron chi connectivity index (χ4n) is 5.30. The van der Waals surface area contributed by atoms with Crippen molar-refractivity contribution in [2.24, 2.45) is 0 Å². The van der Waals surface area contributed by atoms with Crippen molar-refractivity contribution in [1.29, 1.82) is 0 Å². The largest absolute Gasteiger partial charge is 0.419 e. The number of amides is 2. The van der Waals surface area contributed by atoms with Gasteiger partial charge in [-0.15, -0.1) is 0 Å². The summed E-state index contributed by atoms with van der Waals surface area (Å²) in [5.74, 6) is -1.19. The summed E-state index contributed by atoms with van der Waals surface area (Å²) in [5.41, 5.74) is -0.758. The molecule has 0 radical (unpaired) electrons. The fourth-order valence-corrected chi connectivity index (χ4v) is 5.47. The molecule has 0 unspecified atom stereocenters. The molecule has 2 saturated heterocycles. The van der Waals surface area contributed by atoms with E-state index in [1.807, 2.05) is 0 Å². The minimum absolute atomic E-state index is 0.0459. The average Bonchev–Trinajstić information content (AvgIpc) is 3.35. The number of ether oxygens (including phenoxy) is 1. The first-order valence-corrected chi connectivity index (χ1v) is 12.2. The molecule has 2 aromatic rings. The lowest BCUT2D eigenvalue weighted by Crippen LogP contribution is -2.50. The first-order chi connectivity index (χ1) is 17.1. The molecule has 0 spiro atoms. The van der Waals surface area contributed by atoms with E-state index in [9.17, 15) is 22.8 Å². The zero-order valence-corrected chi connectivity index (χ0v) is 20.4. The molecule has 2 N–H and O–H groups in total. The highest BCUT2D eigenvalue weighted by Gasteiger charge is 2.42. The van der Waals surface area contributed by atoms with Crippen LogP contribution >= 0.6 is 11.6 Å². The highest BCUT2D eigenvalue weighted by Crippen LogP contribution is 2.41. The van der Waals surface area contributed by atoms with E-state index in [1.54, 1.807) is 12.1 Å². The van der Waals surface area contributed by atoms with Crippen molar-refractivity contribution in [3.63, 3.8) is 0 Å². The van der Waals surface area contributed by atoms with Gasteiger partial charge in [-0.25, -0.2) is 0 Å². The van der Waals surface area contributed by atoms with Crippen LogP contribution in [0.25, 0.3) is 11.6 Å². The van der Waals surface area contributed by atoms with E-state index in [2.05, 4.69) is 15.2 Å². The Bertz CT molecular complexity index is 1230. The number of piperidine rings is 1. The molecule has 0 bridgehead atoms. The van der Waals surface area contributed by atoms with E-state index in [0.717, 1.165) is 19.2 Å². The molecule has 36 heavy (non-hydrogen) atoms. The molecular formula is C25H26ClF3N4O3. The molecule has 1 aromatic carbocycles. The minimum Gasteiger partial charge on any atom is -0.379 e. The number of nitrogens with one attached hydrogen (secondary N) is 2. The number of benzene rings is 1. The van der Waals surface area contributed by atoms with Gasteiger partial charge in [0.05, 0.1) is 35.6 Å². The van der Waals surface area contributed by atoms with Gasteiger partial charge in [0, 0.05) is 54.2 Å². The molecule has 7 nitrogen and oxygen atoms in total. The predicted molar refractivity (Wildman–Crippen MR) is 130 cm³/mol. The summed E-state index contributed by atoms with van der Waals surface area (Å²) in [7, 11) is 0. The van der Waals surface area contributed by atoms with Gasteiger partial charge in [-0.05, 0) is 44.0 Å². The Kier molecular flexibility index (Phi) is 6.61. The Balaban J connectivity index is 1.45. The molecule has 2 amide bonds. The van der Waals surface area contributed by atoms with Crippen LogP contribution in [0.2, 0.25) is 5.02 Å². The number of hydrogen-bond acceptors (Lipinski definition) is 4. The fraction of sp³-hybridized carbons (Fsp3) is 0.440. The number of halogens is 4. The summed E-state index contributed by atoms with van der Waals surface area (Å²) < 4.78 is 48.4. The normalized spacial score (nSPS) is 20.6. The quantitative estimate of drug-likeness (QED) is 0.585. The number of alkyl halides is 3. The first-order valence-electron chi connectivity index (χ1n) is 11.9. The van der Waals surface area contributed by atoms with Gasteiger partial charge < -0.3 is 19.9 Å². The number of aromatic amines is 1. The van der Waals surface area contributed by atoms with Crippen LogP contribution in [0.1, 0.15) is 45.7 Å². The van der Waals surface area contributed by atoms with Gasteiger partial charge >= 0.3 is 6.18 Å². The number of aromatic nitrogens is 1. The molecule has 5 rings (SSSR count). The Labute approximate surface area is 211 Å². The maximum Gasteiger partial charge on any atom is 0.419 e. The van der Waals surface area contributed by atoms with E-state index in [4.69, 9.17) is 16.3 Å². The van der Waals surface area contributed by atoms with Crippen LogP contribution < -0.4 is 5.32 Å². The number of rotatable bonds is 3. The molecular weight excluding hydrogens is 497 g/mol. The molecule has 4 heterocycles. The number of anilines is 1. The van der Waals surface area contributed by atoms with Gasteiger partial charge in [0.1, 0.15) is 0 Å². The molecule has 3 aliphatic heterocycles. The second-order valence-corrected chi connectivity index (χ2v) is 9.72. The van der Waals surface area contributed by atoms with E-state index in [-0.39, 0.29) is 17.0 Å². The second-order valence-electron chi connectivity index (χ2n) is 9.29. The summed E-state index contributed by atoms with van der Waals surface area (Å²) in [5, 5.41) is 2.99. The number of likely N-dealkylation sites (tertiary alicyclic amines) is 1. The second kappa shape index (κ2) is 9.57. The highest BCUT2D eigenvalue weighted by molar-refractivity contribution is 6.36. The smallest absolute Gasteiger partial charge is 0.379 e. The maximum absolute atomic E-state index is 14.3. The Morgan fingerprint density at radius 1 is 1.17 bits per heavy atom. The summed E-state index contributed by atoms with van der Waals surface area (Å²) in [6.45, 7) is 5.21. The standard InChI is InChI=1S/C25H26ClF3N4O3/c1-14-21(24(35)33-6-4-16(5-7-33)32-8-10-36-11-9-32)22(25(27,28)29)20(30-14)13-18-17-12-15(26)2-3-19(17)31-23(18)34/h2-3,12-13,16,30H,4-11H2,1H3,(H,31,34)/b18-13-. The van der Waals surface area contributed by atoms with Crippen molar-refractivity contribution < 1.29 is 27.5 Å². The molecule has 1 aromatic heterocycles. The zero-order chi connectivity index (χ0) is 25.6. The SMILES string of the molecule is Cc1[nH]c(/C=C2\C(=O)Nc3ccc(Cl)cc32)c(C(F)(F)F)c1C(=O)N1CCC(N2CCOCC2)CC1. The van der Waals surface area contributed by atoms with E-state index >= 15 is 0 Å². The number of H-pyrrole nitrogens is 1. The van der Waals surface area contributed by atoms with Crippen molar-refractivity contribution in [3.05, 3.63) is 51.3 Å². The summed E-state index contributed by atoms with van der Waals surface area (Å²) >= 11 is 6.05. The monoisotopic (exact) mass is 522 g/mol. The van der Waals surface area contributed by atoms with Crippen molar-refractivity contribution >= 4 is 40.8 Å². The Hall–Kier alpha value is -2.82. The number of fused-ring (bicyclic) bond motifs is 1. The number of carbonyl (C=O) groups is 2. The summed E-state index contributed by atoms with van der Waals surface area (Å²) in [6, 6.07) is 4.99. The third-order valence-corrected chi connectivity index (χ3v) is 7.32. The van der Waals surface area contributed by atoms with Crippen LogP contribution in [0, 0.1) is 6.92 Å². The number of hydrogen-bond donors (Lipinski definition) is 2. The number of carbonyl (C=O) groups excluding carboxylic acids is 2. The van der Waals surface area contributed by atoms with Gasteiger partial charge in [-0.3, -0.25) is 14.5 Å². The van der Waals surface area contributed by atoms with Crippen molar-refractivity contribution in [2.75, 3.05) is 44.7 Å². The van der Waals surface area contributed by atoms with Crippen LogP contribution in [0.5, 0.6) is 0 Å². The van der Waals surface area contributed by atoms with Crippen LogP contribution in [-0.4, -0.2) is 72.0 Å². The highest BCUT2D eigenvalue weighted by atomic mass is 35.5. The summed E-state index contributed by atoms with van der Waals surface area (Å²) in [6.07, 6.45) is -2.26. The average molecular weight is 523 g/mol. The maximum atomic E-state index is 14.3. The molecule has 2 fully saturated rings. The summed E-state index contributed by atoms with van der Waals surface area (Å²) in [4.78, 5) is 32.5. The van der Waals surface area contributed by atoms with Crippen LogP contribution in [0.3, 0.4) is 0 Å². The molecule has 0 saturated carbocycles. The molecule has 0 atom stereocenters. The molecule has 3 aliphatic rings. The third kappa shape index (κ3) is 4.65. The molecule has 192 valence electrons. The predicted octanol–water partition coefficient (Wildman–Crippen LogP) is 4.42. The van der Waals surface area contributed by atoms with E-state index < -0.39 is 29.1 Å². The third-order valence-electron chi connectivity index (χ3n) is 7.08. The topological polar surface area (TPSA) is 77.7 Å².